The Morgan fingerprint density at radius 2 is 1.72 bits per heavy atom. The third-order valence-corrected chi connectivity index (χ3v) is 5.16. The van der Waals surface area contributed by atoms with Crippen LogP contribution in [0.1, 0.15) is 35.7 Å². The minimum atomic E-state index is 0.170. The number of benzene rings is 2. The molecule has 1 aliphatic rings. The summed E-state index contributed by atoms with van der Waals surface area (Å²) >= 11 is 0. The molecule has 1 fully saturated rings. The number of carbonyl (C=O) groups excluding carboxylic acids is 1. The van der Waals surface area contributed by atoms with Gasteiger partial charge in [-0.05, 0) is 67.6 Å². The number of aliphatic imine (C=N–C) groups is 1. The first-order valence-electron chi connectivity index (χ1n) is 10.4. The molecule has 0 aliphatic carbocycles. The van der Waals surface area contributed by atoms with Gasteiger partial charge in [-0.15, -0.1) is 0 Å². The molecule has 0 unspecified atom stereocenters. The lowest BCUT2D eigenvalue weighted by Gasteiger charge is -2.31. The maximum atomic E-state index is 12.5. The van der Waals surface area contributed by atoms with E-state index in [1.54, 1.807) is 0 Å². The number of unbranched alkanes of at least 4 members (excludes halogenated alkanes) is 1. The molecule has 154 valence electrons. The van der Waals surface area contributed by atoms with Crippen LogP contribution in [-0.2, 0) is 0 Å². The van der Waals surface area contributed by atoms with Crippen molar-refractivity contribution in [2.24, 2.45) is 4.99 Å². The van der Waals surface area contributed by atoms with Crippen LogP contribution in [0.5, 0.6) is 5.75 Å². The van der Waals surface area contributed by atoms with E-state index in [1.807, 2.05) is 54.7 Å². The molecule has 0 saturated carbocycles. The van der Waals surface area contributed by atoms with E-state index in [4.69, 9.17) is 4.74 Å². The Hall–Kier alpha value is -2.50. The first kappa shape index (κ1) is 21.2. The maximum Gasteiger partial charge on any atom is 0.176 e. The molecule has 0 radical (unpaired) electrons. The van der Waals surface area contributed by atoms with Crippen molar-refractivity contribution in [3.05, 3.63) is 59.7 Å². The number of nitrogens with zero attached hydrogens (tertiary/aromatic N) is 3. The number of piperazine rings is 1. The summed E-state index contributed by atoms with van der Waals surface area (Å²) < 4.78 is 5.68. The summed E-state index contributed by atoms with van der Waals surface area (Å²) in [6.45, 7) is 7.34. The highest BCUT2D eigenvalue weighted by molar-refractivity contribution is 5.98. The Labute approximate surface area is 174 Å². The van der Waals surface area contributed by atoms with Gasteiger partial charge in [-0.25, -0.2) is 0 Å². The molecule has 0 amide bonds. The van der Waals surface area contributed by atoms with Gasteiger partial charge in [0.25, 0.3) is 0 Å². The number of likely N-dealkylation sites (N-methyl/N-ethyl adjacent to an activating group) is 1. The molecule has 0 spiro atoms. The van der Waals surface area contributed by atoms with Gasteiger partial charge in [0.1, 0.15) is 5.75 Å². The van der Waals surface area contributed by atoms with Crippen molar-refractivity contribution in [2.75, 3.05) is 46.4 Å². The number of hydrogen-bond acceptors (Lipinski definition) is 5. The van der Waals surface area contributed by atoms with Crippen molar-refractivity contribution < 1.29 is 9.53 Å². The molecule has 1 aliphatic heterocycles. The predicted molar refractivity (Wildman–Crippen MR) is 119 cm³/mol. The van der Waals surface area contributed by atoms with E-state index in [0.29, 0.717) is 6.54 Å². The number of hydrogen-bond donors (Lipinski definition) is 0. The minimum absolute atomic E-state index is 0.170. The molecule has 5 nitrogen and oxygen atoms in total. The number of carbonyl (C=O) groups is 1. The van der Waals surface area contributed by atoms with Crippen molar-refractivity contribution in [1.29, 1.82) is 0 Å². The molecule has 0 aromatic heterocycles. The summed E-state index contributed by atoms with van der Waals surface area (Å²) in [6.07, 6.45) is 4.03. The van der Waals surface area contributed by atoms with E-state index < -0.39 is 0 Å². The number of Topliss-reactive ketones (excluding diaryl/α,β-unsaturated/α-hetero) is 1. The Morgan fingerprint density at radius 1 is 1.03 bits per heavy atom. The number of ether oxygens (including phenoxy) is 1. The quantitative estimate of drug-likeness (QED) is 0.366. The molecule has 29 heavy (non-hydrogen) atoms. The smallest absolute Gasteiger partial charge is 0.176 e. The van der Waals surface area contributed by atoms with Gasteiger partial charge in [0.2, 0.25) is 0 Å². The van der Waals surface area contributed by atoms with Crippen LogP contribution in [0.15, 0.2) is 53.5 Å². The first-order valence-corrected chi connectivity index (χ1v) is 10.4. The Bertz CT molecular complexity index is 792. The Morgan fingerprint density at radius 3 is 2.38 bits per heavy atom. The zero-order valence-electron chi connectivity index (χ0n) is 17.5. The fraction of sp³-hybridized carbons (Fsp3) is 0.417. The van der Waals surface area contributed by atoms with E-state index in [0.717, 1.165) is 68.2 Å². The third kappa shape index (κ3) is 6.80. The molecule has 0 bridgehead atoms. The standard InChI is InChI=1S/C24H31N3O2/c1-3-4-17-29-23-11-5-20(6-12-23)18-25-22-9-7-21(8-10-22)24(28)19-27-15-13-26(2)14-16-27/h5-12,18H,3-4,13-17,19H2,1-2H3. The van der Waals surface area contributed by atoms with E-state index in [1.165, 1.54) is 0 Å². The Balaban J connectivity index is 1.51. The molecule has 2 aromatic rings. The lowest BCUT2D eigenvalue weighted by atomic mass is 10.1. The molecule has 0 atom stereocenters. The van der Waals surface area contributed by atoms with Gasteiger partial charge < -0.3 is 9.64 Å². The maximum absolute atomic E-state index is 12.5. The monoisotopic (exact) mass is 393 g/mol. The highest BCUT2D eigenvalue weighted by Crippen LogP contribution is 2.16. The zero-order chi connectivity index (χ0) is 20.5. The summed E-state index contributed by atoms with van der Waals surface area (Å²) in [7, 11) is 2.12. The minimum Gasteiger partial charge on any atom is -0.494 e. The van der Waals surface area contributed by atoms with Gasteiger partial charge in [-0.2, -0.15) is 0 Å². The summed E-state index contributed by atoms with van der Waals surface area (Å²) in [5, 5.41) is 0. The average molecular weight is 394 g/mol. The highest BCUT2D eigenvalue weighted by Gasteiger charge is 2.17. The molecule has 3 rings (SSSR count). The average Bonchev–Trinajstić information content (AvgIpc) is 2.75. The Kier molecular flexibility index (Phi) is 7.96. The van der Waals surface area contributed by atoms with Crippen molar-refractivity contribution in [1.82, 2.24) is 9.80 Å². The highest BCUT2D eigenvalue weighted by atomic mass is 16.5. The fourth-order valence-electron chi connectivity index (χ4n) is 3.17. The molecular weight excluding hydrogens is 362 g/mol. The van der Waals surface area contributed by atoms with Gasteiger partial charge in [-0.1, -0.05) is 13.3 Å². The van der Waals surface area contributed by atoms with Gasteiger partial charge in [0.05, 0.1) is 18.8 Å². The zero-order valence-corrected chi connectivity index (χ0v) is 17.5. The molecule has 5 heteroatoms. The van der Waals surface area contributed by atoms with E-state index >= 15 is 0 Å². The normalized spacial score (nSPS) is 15.7. The summed E-state index contributed by atoms with van der Waals surface area (Å²) in [6, 6.07) is 15.5. The second kappa shape index (κ2) is 10.9. The summed E-state index contributed by atoms with van der Waals surface area (Å²) in [4.78, 5) is 21.5. The largest absolute Gasteiger partial charge is 0.494 e. The lowest BCUT2D eigenvalue weighted by molar-refractivity contribution is 0.0876. The molecule has 0 N–H and O–H groups in total. The third-order valence-electron chi connectivity index (χ3n) is 5.16. The van der Waals surface area contributed by atoms with E-state index in [9.17, 15) is 4.79 Å². The lowest BCUT2D eigenvalue weighted by Crippen LogP contribution is -2.46. The van der Waals surface area contributed by atoms with Crippen LogP contribution < -0.4 is 4.74 Å². The van der Waals surface area contributed by atoms with Crippen LogP contribution >= 0.6 is 0 Å². The second-order valence-corrected chi connectivity index (χ2v) is 7.58. The predicted octanol–water partition coefficient (Wildman–Crippen LogP) is 4.05. The van der Waals surface area contributed by atoms with Crippen molar-refractivity contribution in [3.63, 3.8) is 0 Å². The van der Waals surface area contributed by atoms with Crippen LogP contribution in [0, 0.1) is 0 Å². The summed E-state index contributed by atoms with van der Waals surface area (Å²) in [5.74, 6) is 1.06. The second-order valence-electron chi connectivity index (χ2n) is 7.58. The van der Waals surface area contributed by atoms with Crippen molar-refractivity contribution in [3.8, 4) is 5.75 Å². The number of ketones is 1. The van der Waals surface area contributed by atoms with Gasteiger partial charge >= 0.3 is 0 Å². The SMILES string of the molecule is CCCCOc1ccc(C=Nc2ccc(C(=O)CN3CCN(C)CC3)cc2)cc1. The van der Waals surface area contributed by atoms with Crippen molar-refractivity contribution in [2.45, 2.75) is 19.8 Å². The molecule has 1 heterocycles. The van der Waals surface area contributed by atoms with Crippen LogP contribution in [0.25, 0.3) is 0 Å². The molecule has 2 aromatic carbocycles. The van der Waals surface area contributed by atoms with Crippen LogP contribution in [0.4, 0.5) is 5.69 Å². The molecular formula is C24H31N3O2. The van der Waals surface area contributed by atoms with Crippen molar-refractivity contribution >= 4 is 17.7 Å². The van der Waals surface area contributed by atoms with Crippen LogP contribution in [0.2, 0.25) is 0 Å². The number of rotatable bonds is 9. The molecule has 1 saturated heterocycles. The topological polar surface area (TPSA) is 45.1 Å². The van der Waals surface area contributed by atoms with Crippen LogP contribution in [0.3, 0.4) is 0 Å². The fourth-order valence-corrected chi connectivity index (χ4v) is 3.17. The van der Waals surface area contributed by atoms with Gasteiger partial charge in [-0.3, -0.25) is 14.7 Å². The van der Waals surface area contributed by atoms with Gasteiger partial charge in [0.15, 0.2) is 5.78 Å². The van der Waals surface area contributed by atoms with Gasteiger partial charge in [0, 0.05) is 38.0 Å². The first-order chi connectivity index (χ1) is 14.1. The van der Waals surface area contributed by atoms with E-state index in [-0.39, 0.29) is 5.78 Å². The van der Waals surface area contributed by atoms with Crippen LogP contribution in [-0.4, -0.2) is 68.2 Å². The summed E-state index contributed by atoms with van der Waals surface area (Å²) in [5.41, 5.74) is 2.60. The van der Waals surface area contributed by atoms with E-state index in [2.05, 4.69) is 28.8 Å².